The molecule has 1 aliphatic rings. The molecule has 1 saturated carbocycles. The maximum atomic E-state index is 12.7. The number of nitrogens with one attached hydrogen (secondary N) is 1. The molecule has 0 bridgehead atoms. The quantitative estimate of drug-likeness (QED) is 0.758. The lowest BCUT2D eigenvalue weighted by Gasteiger charge is -2.43. The van der Waals surface area contributed by atoms with E-state index in [9.17, 15) is 4.79 Å². The van der Waals surface area contributed by atoms with Crippen LogP contribution < -0.4 is 5.32 Å². The molecule has 8 heteroatoms. The van der Waals surface area contributed by atoms with Gasteiger partial charge in [-0.25, -0.2) is 9.50 Å². The van der Waals surface area contributed by atoms with Crippen LogP contribution in [0.15, 0.2) is 36.9 Å². The maximum absolute atomic E-state index is 12.7. The van der Waals surface area contributed by atoms with E-state index in [1.165, 1.54) is 17.0 Å². The highest BCUT2D eigenvalue weighted by Gasteiger charge is 2.39. The molecule has 4 rings (SSSR count). The van der Waals surface area contributed by atoms with Crippen molar-refractivity contribution in [2.75, 3.05) is 0 Å². The molecule has 0 atom stereocenters. The zero-order valence-electron chi connectivity index (χ0n) is 13.2. The molecule has 6 nitrogen and oxygen atoms in total. The van der Waals surface area contributed by atoms with E-state index in [1.807, 2.05) is 12.1 Å². The van der Waals surface area contributed by atoms with Crippen LogP contribution in [0.2, 0.25) is 10.0 Å². The molecule has 1 aromatic carbocycles. The Morgan fingerprint density at radius 2 is 2.12 bits per heavy atom. The van der Waals surface area contributed by atoms with Crippen molar-refractivity contribution in [3.8, 4) is 0 Å². The zero-order chi connectivity index (χ0) is 17.4. The van der Waals surface area contributed by atoms with Gasteiger partial charge in [0.25, 0.3) is 11.7 Å². The lowest BCUT2D eigenvalue weighted by atomic mass is 9.72. The number of rotatable bonds is 4. The molecule has 0 spiro atoms. The van der Waals surface area contributed by atoms with E-state index in [4.69, 9.17) is 23.2 Å². The summed E-state index contributed by atoms with van der Waals surface area (Å²) in [6.07, 6.45) is 8.13. The monoisotopic (exact) mass is 375 g/mol. The minimum atomic E-state index is -0.286. The van der Waals surface area contributed by atoms with E-state index >= 15 is 0 Å². The average Bonchev–Trinajstić information content (AvgIpc) is 3.02. The Kier molecular flexibility index (Phi) is 4.09. The van der Waals surface area contributed by atoms with Crippen molar-refractivity contribution in [3.63, 3.8) is 0 Å². The van der Waals surface area contributed by atoms with Crippen molar-refractivity contribution in [2.45, 2.75) is 31.2 Å². The second kappa shape index (κ2) is 6.28. The first kappa shape index (κ1) is 16.3. The van der Waals surface area contributed by atoms with Crippen LogP contribution in [0, 0.1) is 0 Å². The van der Waals surface area contributed by atoms with Crippen molar-refractivity contribution in [3.05, 3.63) is 58.1 Å². The standard InChI is InChI=1S/C17H15Cl2N5O/c18-13-3-2-11(14(19)6-13)7-17(4-1-5-17)23-15(25)12-8-20-16-21-10-22-24(16)9-12/h2-3,6,8-10H,1,4-5,7H2,(H,23,25). The Bertz CT molecular complexity index is 951. The summed E-state index contributed by atoms with van der Waals surface area (Å²) in [6, 6.07) is 5.47. The highest BCUT2D eigenvalue weighted by molar-refractivity contribution is 6.35. The molecule has 0 aliphatic heterocycles. The van der Waals surface area contributed by atoms with Gasteiger partial charge in [-0.15, -0.1) is 0 Å². The third-order valence-electron chi connectivity index (χ3n) is 4.63. The molecule has 128 valence electrons. The topological polar surface area (TPSA) is 72.2 Å². The lowest BCUT2D eigenvalue weighted by molar-refractivity contribution is 0.0826. The predicted octanol–water partition coefficient (Wildman–Crippen LogP) is 3.33. The van der Waals surface area contributed by atoms with E-state index in [2.05, 4.69) is 20.4 Å². The van der Waals surface area contributed by atoms with Gasteiger partial charge in [0.05, 0.1) is 5.56 Å². The predicted molar refractivity (Wildman–Crippen MR) is 95.0 cm³/mol. The molecule has 0 unspecified atom stereocenters. The van der Waals surface area contributed by atoms with Crippen molar-refractivity contribution in [1.29, 1.82) is 0 Å². The number of halogens is 2. The smallest absolute Gasteiger partial charge is 0.254 e. The number of benzene rings is 1. The minimum Gasteiger partial charge on any atom is -0.346 e. The second-order valence-corrected chi connectivity index (χ2v) is 7.19. The number of hydrogen-bond acceptors (Lipinski definition) is 4. The maximum Gasteiger partial charge on any atom is 0.254 e. The van der Waals surface area contributed by atoms with Crippen molar-refractivity contribution < 1.29 is 4.79 Å². The third kappa shape index (κ3) is 3.19. The number of carbonyl (C=O) groups is 1. The molecule has 2 heterocycles. The van der Waals surface area contributed by atoms with Gasteiger partial charge in [0.15, 0.2) is 0 Å². The first-order valence-electron chi connectivity index (χ1n) is 7.97. The van der Waals surface area contributed by atoms with Gasteiger partial charge >= 0.3 is 0 Å². The van der Waals surface area contributed by atoms with Crippen molar-refractivity contribution in [1.82, 2.24) is 24.9 Å². The van der Waals surface area contributed by atoms with Crippen LogP contribution in [0.4, 0.5) is 0 Å². The molecule has 1 aliphatic carbocycles. The van der Waals surface area contributed by atoms with Gasteiger partial charge in [-0.1, -0.05) is 29.3 Å². The molecule has 2 aromatic heterocycles. The molecule has 1 fully saturated rings. The van der Waals surface area contributed by atoms with Crippen molar-refractivity contribution >= 4 is 34.9 Å². The molecule has 0 saturated heterocycles. The number of carbonyl (C=O) groups excluding carboxylic acids is 1. The Morgan fingerprint density at radius 1 is 1.28 bits per heavy atom. The molecule has 25 heavy (non-hydrogen) atoms. The van der Waals surface area contributed by atoms with Gasteiger partial charge in [0, 0.05) is 28.0 Å². The molecular formula is C17H15Cl2N5O. The summed E-state index contributed by atoms with van der Waals surface area (Å²) in [7, 11) is 0. The fraction of sp³-hybridized carbons (Fsp3) is 0.294. The van der Waals surface area contributed by atoms with Crippen LogP contribution in [0.5, 0.6) is 0 Å². The summed E-state index contributed by atoms with van der Waals surface area (Å²) in [6.45, 7) is 0. The normalized spacial score (nSPS) is 15.8. The summed E-state index contributed by atoms with van der Waals surface area (Å²) in [4.78, 5) is 20.8. The van der Waals surface area contributed by atoms with E-state index in [-0.39, 0.29) is 11.4 Å². The Hall–Kier alpha value is -2.18. The van der Waals surface area contributed by atoms with Crippen LogP contribution in [0.3, 0.4) is 0 Å². The van der Waals surface area contributed by atoms with E-state index in [1.54, 1.807) is 12.3 Å². The first-order chi connectivity index (χ1) is 12.0. The fourth-order valence-corrected chi connectivity index (χ4v) is 3.60. The molecule has 1 amide bonds. The summed E-state index contributed by atoms with van der Waals surface area (Å²) in [5, 5.41) is 8.40. The van der Waals surface area contributed by atoms with Crippen LogP contribution in [0.1, 0.15) is 35.2 Å². The molecule has 0 radical (unpaired) electrons. The summed E-state index contributed by atoms with van der Waals surface area (Å²) >= 11 is 12.3. The number of fused-ring (bicyclic) bond motifs is 1. The number of nitrogens with zero attached hydrogens (tertiary/aromatic N) is 4. The Balaban J connectivity index is 1.55. The lowest BCUT2D eigenvalue weighted by Crippen LogP contribution is -2.55. The summed E-state index contributed by atoms with van der Waals surface area (Å²) in [5.41, 5.74) is 1.15. The van der Waals surface area contributed by atoms with E-state index in [0.29, 0.717) is 27.8 Å². The van der Waals surface area contributed by atoms with Gasteiger partial charge in [0.2, 0.25) is 0 Å². The summed E-state index contributed by atoms with van der Waals surface area (Å²) < 4.78 is 1.48. The van der Waals surface area contributed by atoms with Gasteiger partial charge in [-0.2, -0.15) is 10.1 Å². The van der Waals surface area contributed by atoms with Gasteiger partial charge in [-0.05, 0) is 43.4 Å². The third-order valence-corrected chi connectivity index (χ3v) is 5.22. The van der Waals surface area contributed by atoms with Crippen molar-refractivity contribution in [2.24, 2.45) is 0 Å². The number of aromatic nitrogens is 4. The van der Waals surface area contributed by atoms with Crippen LogP contribution >= 0.6 is 23.2 Å². The highest BCUT2D eigenvalue weighted by atomic mass is 35.5. The number of hydrogen-bond donors (Lipinski definition) is 1. The molecule has 1 N–H and O–H groups in total. The van der Waals surface area contributed by atoms with Crippen LogP contribution in [-0.4, -0.2) is 31.0 Å². The zero-order valence-corrected chi connectivity index (χ0v) is 14.8. The second-order valence-electron chi connectivity index (χ2n) is 6.35. The van der Waals surface area contributed by atoms with Crippen LogP contribution in [0.25, 0.3) is 5.78 Å². The minimum absolute atomic E-state index is 0.172. The van der Waals surface area contributed by atoms with E-state index in [0.717, 1.165) is 24.8 Å². The molecular weight excluding hydrogens is 361 g/mol. The Labute approximate surface area is 154 Å². The molecule has 3 aromatic rings. The van der Waals surface area contributed by atoms with Gasteiger partial charge in [0.1, 0.15) is 6.33 Å². The number of amides is 1. The average molecular weight is 376 g/mol. The van der Waals surface area contributed by atoms with Crippen LogP contribution in [-0.2, 0) is 6.42 Å². The largest absolute Gasteiger partial charge is 0.346 e. The first-order valence-corrected chi connectivity index (χ1v) is 8.72. The SMILES string of the molecule is O=C(NC1(Cc2ccc(Cl)cc2Cl)CCC1)c1cnc2ncnn2c1. The fourth-order valence-electron chi connectivity index (χ4n) is 3.13. The highest BCUT2D eigenvalue weighted by Crippen LogP contribution is 2.37. The summed E-state index contributed by atoms with van der Waals surface area (Å²) in [5.74, 6) is 0.289. The van der Waals surface area contributed by atoms with Gasteiger partial charge < -0.3 is 5.32 Å². The van der Waals surface area contributed by atoms with E-state index < -0.39 is 0 Å². The van der Waals surface area contributed by atoms with Gasteiger partial charge in [-0.3, -0.25) is 4.79 Å². The Morgan fingerprint density at radius 3 is 2.84 bits per heavy atom.